The minimum Gasteiger partial charge on any atom is -0.363 e. The van der Waals surface area contributed by atoms with Crippen LogP contribution < -0.4 is 5.32 Å². The van der Waals surface area contributed by atoms with Crippen molar-refractivity contribution in [1.82, 2.24) is 5.32 Å². The third kappa shape index (κ3) is 3.67. The van der Waals surface area contributed by atoms with Crippen LogP contribution in [0.25, 0.3) is 0 Å². The smallest absolute Gasteiger partial charge is 0.356 e. The molecular weight excluding hydrogens is 205 g/mol. The molecule has 84 valence electrons. The number of hydrogen-bond donors (Lipinski definition) is 1. The van der Waals surface area contributed by atoms with Crippen LogP contribution in [0.5, 0.6) is 0 Å². The van der Waals surface area contributed by atoms with Crippen LogP contribution in [0.3, 0.4) is 0 Å². The van der Waals surface area contributed by atoms with Gasteiger partial charge >= 0.3 is 7.60 Å². The predicted molar refractivity (Wildman–Crippen MR) is 53.5 cm³/mol. The monoisotopic (exact) mass is 223 g/mol. The summed E-state index contributed by atoms with van der Waals surface area (Å²) in [6.45, 7) is 5.97. The fourth-order valence-corrected chi connectivity index (χ4v) is 2.49. The lowest BCUT2D eigenvalue weighted by atomic mass is 10.2. The van der Waals surface area contributed by atoms with Crippen LogP contribution >= 0.6 is 7.60 Å². The largest absolute Gasteiger partial charge is 0.363 e. The summed E-state index contributed by atoms with van der Waals surface area (Å²) in [6, 6.07) is 0. The summed E-state index contributed by atoms with van der Waals surface area (Å²) < 4.78 is 27.4. The van der Waals surface area contributed by atoms with Crippen molar-refractivity contribution < 1.29 is 18.3 Å². The van der Waals surface area contributed by atoms with E-state index in [0.29, 0.717) is 13.2 Å². The third-order valence-electron chi connectivity index (χ3n) is 1.86. The summed E-state index contributed by atoms with van der Waals surface area (Å²) >= 11 is 0. The van der Waals surface area contributed by atoms with Gasteiger partial charge in [0, 0.05) is 13.1 Å². The van der Waals surface area contributed by atoms with Gasteiger partial charge in [0.2, 0.25) is 0 Å². The van der Waals surface area contributed by atoms with Crippen molar-refractivity contribution in [2.24, 2.45) is 0 Å². The molecule has 0 aliphatic carbocycles. The summed E-state index contributed by atoms with van der Waals surface area (Å²) in [5.74, 6) is 0. The molecule has 1 aliphatic rings. The molecule has 1 rings (SSSR count). The molecule has 0 radical (unpaired) electrons. The molecule has 0 spiro atoms. The molecule has 0 aromatic carbocycles. The van der Waals surface area contributed by atoms with Gasteiger partial charge in [0.25, 0.3) is 0 Å². The molecule has 0 aromatic heterocycles. The molecule has 0 saturated carbocycles. The molecule has 1 heterocycles. The number of hydrogen-bond acceptors (Lipinski definition) is 5. The highest BCUT2D eigenvalue weighted by atomic mass is 31.2. The van der Waals surface area contributed by atoms with E-state index in [1.54, 1.807) is 13.8 Å². The van der Waals surface area contributed by atoms with Gasteiger partial charge in [-0.05, 0) is 13.8 Å². The Morgan fingerprint density at radius 3 is 2.21 bits per heavy atom. The maximum atomic E-state index is 11.9. The molecule has 0 bridgehead atoms. The van der Waals surface area contributed by atoms with E-state index >= 15 is 0 Å². The minimum atomic E-state index is -3.00. The first-order valence-electron chi connectivity index (χ1n) is 4.90. The molecule has 0 unspecified atom stereocenters. The van der Waals surface area contributed by atoms with Crippen LogP contribution in [-0.2, 0) is 18.3 Å². The van der Waals surface area contributed by atoms with Gasteiger partial charge in [-0.25, -0.2) is 0 Å². The molecule has 0 aromatic rings. The predicted octanol–water partition coefficient (Wildman–Crippen LogP) is 1.20. The van der Waals surface area contributed by atoms with Crippen molar-refractivity contribution in [2.45, 2.75) is 20.0 Å². The summed E-state index contributed by atoms with van der Waals surface area (Å²) in [5.41, 5.74) is 0. The normalized spacial score (nSPS) is 18.1. The Morgan fingerprint density at radius 1 is 1.29 bits per heavy atom. The molecule has 14 heavy (non-hydrogen) atoms. The lowest BCUT2D eigenvalue weighted by molar-refractivity contribution is 0.0325. The Kier molecular flexibility index (Phi) is 5.06. The fourth-order valence-electron chi connectivity index (χ4n) is 1.08. The van der Waals surface area contributed by atoms with Crippen LogP contribution in [0.1, 0.15) is 13.8 Å². The molecule has 0 amide bonds. The highest BCUT2D eigenvalue weighted by Gasteiger charge is 2.27. The van der Waals surface area contributed by atoms with Crippen LogP contribution in [0.2, 0.25) is 0 Å². The maximum absolute atomic E-state index is 11.9. The second-order valence-electron chi connectivity index (χ2n) is 3.02. The second kappa shape index (κ2) is 5.83. The zero-order valence-corrected chi connectivity index (χ0v) is 9.59. The maximum Gasteiger partial charge on any atom is 0.356 e. The van der Waals surface area contributed by atoms with E-state index < -0.39 is 7.60 Å². The first-order chi connectivity index (χ1) is 6.70. The summed E-state index contributed by atoms with van der Waals surface area (Å²) in [7, 11) is -3.00. The Balaban J connectivity index is 2.29. The van der Waals surface area contributed by atoms with E-state index in [0.717, 1.165) is 13.1 Å². The van der Waals surface area contributed by atoms with E-state index in [1.807, 2.05) is 0 Å². The van der Waals surface area contributed by atoms with Gasteiger partial charge in [0.15, 0.2) is 0 Å². The standard InChI is InChI=1S/C8H18NO4P/c1-3-12-14(10,13-4-2)7-11-8-5-9-6-8/h8-9H,3-7H2,1-2H3. The second-order valence-corrected chi connectivity index (χ2v) is 5.02. The van der Waals surface area contributed by atoms with E-state index in [-0.39, 0.29) is 12.5 Å². The van der Waals surface area contributed by atoms with Gasteiger partial charge in [0.1, 0.15) is 6.35 Å². The summed E-state index contributed by atoms with van der Waals surface area (Å²) in [6.07, 6.45) is 0.213. The first-order valence-corrected chi connectivity index (χ1v) is 6.63. The Labute approximate surface area is 84.6 Å². The van der Waals surface area contributed by atoms with Crippen molar-refractivity contribution in [1.29, 1.82) is 0 Å². The molecule has 6 heteroatoms. The Morgan fingerprint density at radius 2 is 1.86 bits per heavy atom. The van der Waals surface area contributed by atoms with Gasteiger partial charge in [-0.15, -0.1) is 0 Å². The average Bonchev–Trinajstić information content (AvgIpc) is 2.02. The van der Waals surface area contributed by atoms with E-state index in [4.69, 9.17) is 13.8 Å². The number of nitrogens with one attached hydrogen (secondary N) is 1. The third-order valence-corrected chi connectivity index (χ3v) is 3.63. The van der Waals surface area contributed by atoms with Crippen molar-refractivity contribution >= 4 is 7.60 Å². The van der Waals surface area contributed by atoms with E-state index in [1.165, 1.54) is 0 Å². The first kappa shape index (κ1) is 12.1. The van der Waals surface area contributed by atoms with Gasteiger partial charge < -0.3 is 19.1 Å². The Bertz CT molecular complexity index is 198. The topological polar surface area (TPSA) is 56.8 Å². The lowest BCUT2D eigenvalue weighted by Crippen LogP contribution is -2.48. The quantitative estimate of drug-likeness (QED) is 0.657. The molecular formula is C8H18NO4P. The van der Waals surface area contributed by atoms with E-state index in [9.17, 15) is 4.57 Å². The van der Waals surface area contributed by atoms with Gasteiger partial charge in [-0.3, -0.25) is 4.57 Å². The van der Waals surface area contributed by atoms with Crippen LogP contribution in [0, 0.1) is 0 Å². The van der Waals surface area contributed by atoms with Gasteiger partial charge in [0.05, 0.1) is 19.3 Å². The minimum absolute atomic E-state index is 0.0566. The van der Waals surface area contributed by atoms with Gasteiger partial charge in [-0.1, -0.05) is 0 Å². The SMILES string of the molecule is CCOP(=O)(COC1CNC1)OCC. The van der Waals surface area contributed by atoms with Crippen molar-refractivity contribution in [3.05, 3.63) is 0 Å². The molecule has 1 saturated heterocycles. The van der Waals surface area contributed by atoms with Crippen molar-refractivity contribution in [3.63, 3.8) is 0 Å². The van der Waals surface area contributed by atoms with Crippen LogP contribution in [0.15, 0.2) is 0 Å². The summed E-state index contributed by atoms with van der Waals surface area (Å²) in [4.78, 5) is 0. The van der Waals surface area contributed by atoms with Crippen molar-refractivity contribution in [3.8, 4) is 0 Å². The highest BCUT2D eigenvalue weighted by Crippen LogP contribution is 2.48. The van der Waals surface area contributed by atoms with E-state index in [2.05, 4.69) is 5.32 Å². The molecule has 5 nitrogen and oxygen atoms in total. The average molecular weight is 223 g/mol. The molecule has 1 N–H and O–H groups in total. The number of rotatable bonds is 7. The molecule has 0 atom stereocenters. The highest BCUT2D eigenvalue weighted by molar-refractivity contribution is 7.53. The lowest BCUT2D eigenvalue weighted by Gasteiger charge is -2.28. The zero-order chi connectivity index (χ0) is 10.4. The molecule has 1 fully saturated rings. The number of ether oxygens (including phenoxy) is 1. The fraction of sp³-hybridized carbons (Fsp3) is 1.00. The van der Waals surface area contributed by atoms with Crippen LogP contribution in [0.4, 0.5) is 0 Å². The zero-order valence-electron chi connectivity index (χ0n) is 8.69. The van der Waals surface area contributed by atoms with Crippen molar-refractivity contribution in [2.75, 3.05) is 32.7 Å². The van der Waals surface area contributed by atoms with Crippen LogP contribution in [-0.4, -0.2) is 38.8 Å². The van der Waals surface area contributed by atoms with Gasteiger partial charge in [-0.2, -0.15) is 0 Å². The Hall–Kier alpha value is 0.0700. The summed E-state index contributed by atoms with van der Waals surface area (Å²) in [5, 5.41) is 3.07. The molecule has 1 aliphatic heterocycles.